The van der Waals surface area contributed by atoms with Crippen molar-refractivity contribution in [1.29, 1.82) is 0 Å². The molecule has 1 aliphatic heterocycles. The quantitative estimate of drug-likeness (QED) is 0.921. The Morgan fingerprint density at radius 3 is 2.47 bits per heavy atom. The Hall–Kier alpha value is -1.08. The van der Waals surface area contributed by atoms with E-state index in [1.54, 1.807) is 0 Å². The number of hydrogen-bond acceptors (Lipinski definition) is 3. The second-order valence-electron chi connectivity index (χ2n) is 4.78. The molecule has 0 spiro atoms. The molecule has 1 saturated heterocycles. The van der Waals surface area contributed by atoms with E-state index in [0.29, 0.717) is 13.1 Å². The molecule has 3 nitrogen and oxygen atoms in total. The number of halogens is 3. The fraction of sp³-hybridized carbons (Fsp3) is 0.500. The second kappa shape index (κ2) is 5.13. The average Bonchev–Trinajstić information content (AvgIpc) is 2.22. The van der Waals surface area contributed by atoms with Crippen LogP contribution in [0.2, 0.25) is 0 Å². The first-order valence-electron chi connectivity index (χ1n) is 5.83. The van der Waals surface area contributed by atoms with Crippen LogP contribution in [0, 0.1) is 5.92 Å². The van der Waals surface area contributed by atoms with Crippen LogP contribution in [-0.2, 0) is 21.8 Å². The van der Waals surface area contributed by atoms with Crippen molar-refractivity contribution >= 4 is 9.84 Å². The maximum atomic E-state index is 12.5. The highest BCUT2D eigenvalue weighted by atomic mass is 32.2. The normalized spacial score (nSPS) is 17.2. The summed E-state index contributed by atoms with van der Waals surface area (Å²) < 4.78 is 61.3. The zero-order chi connectivity index (χ0) is 14.1. The lowest BCUT2D eigenvalue weighted by Crippen LogP contribution is -2.45. The summed E-state index contributed by atoms with van der Waals surface area (Å²) in [4.78, 5) is 0. The Kier molecular flexibility index (Phi) is 3.87. The molecule has 0 radical (unpaired) electrons. The molecule has 7 heteroatoms. The van der Waals surface area contributed by atoms with E-state index in [9.17, 15) is 21.6 Å². The lowest BCUT2D eigenvalue weighted by atomic mass is 10.1. The number of rotatable bonds is 4. The van der Waals surface area contributed by atoms with Crippen molar-refractivity contribution in [3.63, 3.8) is 0 Å². The van der Waals surface area contributed by atoms with Crippen molar-refractivity contribution in [3.05, 3.63) is 35.4 Å². The first-order valence-corrected chi connectivity index (χ1v) is 7.66. The van der Waals surface area contributed by atoms with E-state index < -0.39 is 21.6 Å². The fourth-order valence-corrected chi connectivity index (χ4v) is 3.73. The van der Waals surface area contributed by atoms with Crippen LogP contribution in [0.4, 0.5) is 13.2 Å². The van der Waals surface area contributed by atoms with Gasteiger partial charge in [0, 0.05) is 13.1 Å². The third-order valence-electron chi connectivity index (χ3n) is 3.00. The Morgan fingerprint density at radius 1 is 1.26 bits per heavy atom. The molecule has 106 valence electrons. The van der Waals surface area contributed by atoms with Gasteiger partial charge in [-0.1, -0.05) is 18.2 Å². The van der Waals surface area contributed by atoms with E-state index in [-0.39, 0.29) is 23.0 Å². The van der Waals surface area contributed by atoms with E-state index in [1.165, 1.54) is 12.1 Å². The SMILES string of the molecule is O=S(=O)(Cc1cccc(C(F)(F)F)c1)CC1CNC1. The molecular weight excluding hydrogens is 279 g/mol. The smallest absolute Gasteiger partial charge is 0.316 e. The minimum absolute atomic E-state index is 0.0241. The third-order valence-corrected chi connectivity index (χ3v) is 4.75. The van der Waals surface area contributed by atoms with Crippen LogP contribution < -0.4 is 5.32 Å². The molecule has 2 rings (SSSR count). The van der Waals surface area contributed by atoms with Crippen molar-refractivity contribution < 1.29 is 21.6 Å². The summed E-state index contributed by atoms with van der Waals surface area (Å²) in [5.41, 5.74) is -0.632. The number of sulfone groups is 1. The Bertz CT molecular complexity index is 550. The first-order chi connectivity index (χ1) is 8.76. The molecule has 0 unspecified atom stereocenters. The van der Waals surface area contributed by atoms with Crippen molar-refractivity contribution in [1.82, 2.24) is 5.32 Å². The van der Waals surface area contributed by atoms with Gasteiger partial charge in [0.05, 0.1) is 17.1 Å². The zero-order valence-corrected chi connectivity index (χ0v) is 10.9. The van der Waals surface area contributed by atoms with Gasteiger partial charge in [-0.15, -0.1) is 0 Å². The summed E-state index contributed by atoms with van der Waals surface area (Å²) in [6, 6.07) is 4.48. The largest absolute Gasteiger partial charge is 0.416 e. The summed E-state index contributed by atoms with van der Waals surface area (Å²) in [6.07, 6.45) is -4.45. The number of nitrogens with one attached hydrogen (secondary N) is 1. The standard InChI is InChI=1S/C12H14F3NO2S/c13-12(14,15)11-3-1-2-9(4-11)7-19(17,18)8-10-5-16-6-10/h1-4,10,16H,5-8H2. The Morgan fingerprint density at radius 2 is 1.95 bits per heavy atom. The van der Waals surface area contributed by atoms with Gasteiger partial charge in [-0.05, 0) is 17.5 Å². The third kappa shape index (κ3) is 3.94. The Balaban J connectivity index is 2.10. The predicted octanol–water partition coefficient (Wildman–Crippen LogP) is 1.84. The van der Waals surface area contributed by atoms with Gasteiger partial charge in [-0.2, -0.15) is 13.2 Å². The fourth-order valence-electron chi connectivity index (χ4n) is 1.98. The van der Waals surface area contributed by atoms with E-state index in [1.807, 2.05) is 0 Å². The van der Waals surface area contributed by atoms with Crippen LogP contribution >= 0.6 is 0 Å². The highest BCUT2D eigenvalue weighted by Gasteiger charge is 2.31. The van der Waals surface area contributed by atoms with E-state index in [0.717, 1.165) is 12.1 Å². The highest BCUT2D eigenvalue weighted by Crippen LogP contribution is 2.30. The van der Waals surface area contributed by atoms with Crippen LogP contribution in [-0.4, -0.2) is 27.3 Å². The lowest BCUT2D eigenvalue weighted by Gasteiger charge is -2.26. The van der Waals surface area contributed by atoms with Crippen LogP contribution in [0.5, 0.6) is 0 Å². The molecule has 0 saturated carbocycles. The summed E-state index contributed by atoms with van der Waals surface area (Å²) in [5, 5.41) is 2.96. The molecule has 0 aliphatic carbocycles. The average molecular weight is 293 g/mol. The Labute approximate surface area is 109 Å². The van der Waals surface area contributed by atoms with Gasteiger partial charge in [0.1, 0.15) is 0 Å². The van der Waals surface area contributed by atoms with E-state index in [2.05, 4.69) is 5.32 Å². The topological polar surface area (TPSA) is 46.2 Å². The van der Waals surface area contributed by atoms with Gasteiger partial charge >= 0.3 is 6.18 Å². The van der Waals surface area contributed by atoms with Crippen molar-refractivity contribution in [2.75, 3.05) is 18.8 Å². The minimum atomic E-state index is -4.45. The van der Waals surface area contributed by atoms with Crippen molar-refractivity contribution in [2.45, 2.75) is 11.9 Å². The molecule has 0 amide bonds. The van der Waals surface area contributed by atoms with Crippen LogP contribution in [0.1, 0.15) is 11.1 Å². The van der Waals surface area contributed by atoms with Gasteiger partial charge < -0.3 is 5.32 Å². The van der Waals surface area contributed by atoms with Crippen molar-refractivity contribution in [2.24, 2.45) is 5.92 Å². The van der Waals surface area contributed by atoms with Gasteiger partial charge in [0.2, 0.25) is 0 Å². The van der Waals surface area contributed by atoms with Crippen LogP contribution in [0.25, 0.3) is 0 Å². The lowest BCUT2D eigenvalue weighted by molar-refractivity contribution is -0.137. The second-order valence-corrected chi connectivity index (χ2v) is 6.89. The molecule has 1 aromatic carbocycles. The molecule has 1 fully saturated rings. The maximum absolute atomic E-state index is 12.5. The summed E-state index contributed by atoms with van der Waals surface area (Å²) >= 11 is 0. The summed E-state index contributed by atoms with van der Waals surface area (Å²) in [7, 11) is -3.36. The molecule has 0 aromatic heterocycles. The van der Waals surface area contributed by atoms with Gasteiger partial charge in [0.25, 0.3) is 0 Å². The molecule has 19 heavy (non-hydrogen) atoms. The molecular formula is C12H14F3NO2S. The van der Waals surface area contributed by atoms with E-state index in [4.69, 9.17) is 0 Å². The molecule has 0 atom stereocenters. The maximum Gasteiger partial charge on any atom is 0.416 e. The van der Waals surface area contributed by atoms with Gasteiger partial charge in [-0.25, -0.2) is 8.42 Å². The van der Waals surface area contributed by atoms with Crippen LogP contribution in [0.15, 0.2) is 24.3 Å². The summed E-state index contributed by atoms with van der Waals surface area (Å²) in [5.74, 6) is -0.236. The summed E-state index contributed by atoms with van der Waals surface area (Å²) in [6.45, 7) is 1.31. The van der Waals surface area contributed by atoms with Gasteiger partial charge in [0.15, 0.2) is 9.84 Å². The van der Waals surface area contributed by atoms with Crippen LogP contribution in [0.3, 0.4) is 0 Å². The molecule has 0 bridgehead atoms. The number of alkyl halides is 3. The number of benzene rings is 1. The van der Waals surface area contributed by atoms with Gasteiger partial charge in [-0.3, -0.25) is 0 Å². The number of hydrogen-bond donors (Lipinski definition) is 1. The molecule has 1 N–H and O–H groups in total. The van der Waals surface area contributed by atoms with E-state index >= 15 is 0 Å². The molecule has 1 aromatic rings. The molecule has 1 heterocycles. The highest BCUT2D eigenvalue weighted by molar-refractivity contribution is 7.90. The predicted molar refractivity (Wildman–Crippen MR) is 65.3 cm³/mol. The monoisotopic (exact) mass is 293 g/mol. The minimum Gasteiger partial charge on any atom is -0.316 e. The first kappa shape index (κ1) is 14.3. The zero-order valence-electron chi connectivity index (χ0n) is 10.1. The molecule has 1 aliphatic rings. The van der Waals surface area contributed by atoms with Crippen molar-refractivity contribution in [3.8, 4) is 0 Å².